The first-order valence-electron chi connectivity index (χ1n) is 4.10. The van der Waals surface area contributed by atoms with Gasteiger partial charge in [0.15, 0.2) is 11.6 Å². The molecule has 0 fully saturated rings. The molecule has 0 aliphatic rings. The summed E-state index contributed by atoms with van der Waals surface area (Å²) in [7, 11) is 0. The Morgan fingerprint density at radius 2 is 2.07 bits per heavy atom. The van der Waals surface area contributed by atoms with Gasteiger partial charge in [0, 0.05) is 12.1 Å². The van der Waals surface area contributed by atoms with Crippen LogP contribution in [0.25, 0.3) is 0 Å². The van der Waals surface area contributed by atoms with Crippen LogP contribution in [0.4, 0.5) is 14.5 Å². The van der Waals surface area contributed by atoms with Crippen molar-refractivity contribution in [3.63, 3.8) is 0 Å². The van der Waals surface area contributed by atoms with E-state index < -0.39 is 17.6 Å². The largest absolute Gasteiger partial charge is 0.490 e. The fourth-order valence-corrected chi connectivity index (χ4v) is 0.903. The Labute approximate surface area is 84.3 Å². The third-order valence-corrected chi connectivity index (χ3v) is 1.62. The number of ether oxygens (including phenoxy) is 1. The highest BCUT2D eigenvalue weighted by atomic mass is 19.1. The number of carbonyl (C=O) groups is 1. The van der Waals surface area contributed by atoms with Gasteiger partial charge in [0.2, 0.25) is 0 Å². The second kappa shape index (κ2) is 4.59. The first-order valence-corrected chi connectivity index (χ1v) is 4.10. The smallest absolute Gasteiger partial charge is 0.306 e. The zero-order valence-electron chi connectivity index (χ0n) is 7.67. The van der Waals surface area contributed by atoms with E-state index in [2.05, 4.69) is 0 Å². The van der Waals surface area contributed by atoms with Gasteiger partial charge >= 0.3 is 5.97 Å². The third kappa shape index (κ3) is 3.08. The van der Waals surface area contributed by atoms with Crippen LogP contribution in [0, 0.1) is 11.6 Å². The van der Waals surface area contributed by atoms with Crippen molar-refractivity contribution >= 4 is 11.7 Å². The normalized spacial score (nSPS) is 10.0. The van der Waals surface area contributed by atoms with Crippen LogP contribution in [0.2, 0.25) is 0 Å². The monoisotopic (exact) mass is 217 g/mol. The highest BCUT2D eigenvalue weighted by Gasteiger charge is 2.09. The number of anilines is 1. The Morgan fingerprint density at radius 1 is 1.40 bits per heavy atom. The molecule has 0 radical (unpaired) electrons. The van der Waals surface area contributed by atoms with Crippen LogP contribution in [0.15, 0.2) is 12.1 Å². The highest BCUT2D eigenvalue weighted by molar-refractivity contribution is 5.66. The second-order valence-corrected chi connectivity index (χ2v) is 2.80. The Bertz CT molecular complexity index is 382. The highest BCUT2D eigenvalue weighted by Crippen LogP contribution is 2.22. The number of halogens is 2. The molecule has 0 atom stereocenters. The van der Waals surface area contributed by atoms with Crippen molar-refractivity contribution in [1.82, 2.24) is 0 Å². The minimum absolute atomic E-state index is 0.227. The SMILES string of the molecule is Nc1cc(F)c(OCCC(=O)O)cc1F. The fraction of sp³-hybridized carbons (Fsp3) is 0.222. The molecule has 6 heteroatoms. The molecule has 0 bridgehead atoms. The summed E-state index contributed by atoms with van der Waals surface area (Å²) in [5.74, 6) is -3.05. The first kappa shape index (κ1) is 11.2. The standard InChI is InChI=1S/C9H9F2NO3/c10-5-4-8(6(11)3-7(5)12)15-2-1-9(13)14/h3-4H,1-2,12H2,(H,13,14). The van der Waals surface area contributed by atoms with E-state index in [0.29, 0.717) is 0 Å². The van der Waals surface area contributed by atoms with Crippen LogP contribution in [0.1, 0.15) is 6.42 Å². The summed E-state index contributed by atoms with van der Waals surface area (Å²) in [5.41, 5.74) is 4.78. The van der Waals surface area contributed by atoms with Crippen molar-refractivity contribution in [3.8, 4) is 5.75 Å². The Kier molecular flexibility index (Phi) is 3.43. The molecular weight excluding hydrogens is 208 g/mol. The molecule has 15 heavy (non-hydrogen) atoms. The van der Waals surface area contributed by atoms with Gasteiger partial charge in [-0.2, -0.15) is 0 Å². The maximum absolute atomic E-state index is 13.0. The zero-order chi connectivity index (χ0) is 11.4. The van der Waals surface area contributed by atoms with Gasteiger partial charge in [-0.25, -0.2) is 8.78 Å². The van der Waals surface area contributed by atoms with E-state index in [1.807, 2.05) is 0 Å². The van der Waals surface area contributed by atoms with Crippen LogP contribution in [0.3, 0.4) is 0 Å². The quantitative estimate of drug-likeness (QED) is 0.747. The maximum atomic E-state index is 13.0. The Morgan fingerprint density at radius 3 is 2.67 bits per heavy atom. The summed E-state index contributed by atoms with van der Waals surface area (Å²) in [4.78, 5) is 10.1. The molecule has 4 nitrogen and oxygen atoms in total. The van der Waals surface area contributed by atoms with E-state index in [-0.39, 0.29) is 24.5 Å². The summed E-state index contributed by atoms with van der Waals surface area (Å²) in [6.45, 7) is -0.227. The van der Waals surface area contributed by atoms with Crippen LogP contribution in [-0.2, 0) is 4.79 Å². The summed E-state index contributed by atoms with van der Waals surface area (Å²) < 4.78 is 30.6. The molecule has 1 aromatic carbocycles. The number of aliphatic carboxylic acids is 1. The molecule has 1 rings (SSSR count). The number of rotatable bonds is 4. The summed E-state index contributed by atoms with van der Waals surface area (Å²) in [6.07, 6.45) is -0.286. The molecule has 0 aromatic heterocycles. The van der Waals surface area contributed by atoms with E-state index in [1.165, 1.54) is 0 Å². The Balaban J connectivity index is 2.69. The van der Waals surface area contributed by atoms with E-state index >= 15 is 0 Å². The van der Waals surface area contributed by atoms with Gasteiger partial charge in [0.05, 0.1) is 18.7 Å². The van der Waals surface area contributed by atoms with Crippen molar-refractivity contribution in [2.75, 3.05) is 12.3 Å². The Hall–Kier alpha value is -1.85. The number of hydrogen-bond donors (Lipinski definition) is 2. The lowest BCUT2D eigenvalue weighted by Crippen LogP contribution is -2.06. The minimum Gasteiger partial charge on any atom is -0.490 e. The summed E-state index contributed by atoms with van der Waals surface area (Å²) in [5, 5.41) is 8.29. The minimum atomic E-state index is -1.08. The van der Waals surface area contributed by atoms with Crippen molar-refractivity contribution in [2.24, 2.45) is 0 Å². The third-order valence-electron chi connectivity index (χ3n) is 1.62. The van der Waals surface area contributed by atoms with Crippen molar-refractivity contribution in [1.29, 1.82) is 0 Å². The van der Waals surface area contributed by atoms with Crippen LogP contribution >= 0.6 is 0 Å². The zero-order valence-corrected chi connectivity index (χ0v) is 7.67. The fourth-order valence-electron chi connectivity index (χ4n) is 0.903. The van der Waals surface area contributed by atoms with Crippen molar-refractivity contribution in [2.45, 2.75) is 6.42 Å². The van der Waals surface area contributed by atoms with E-state index in [0.717, 1.165) is 12.1 Å². The van der Waals surface area contributed by atoms with Gasteiger partial charge in [-0.3, -0.25) is 4.79 Å². The lowest BCUT2D eigenvalue weighted by molar-refractivity contribution is -0.137. The van der Waals surface area contributed by atoms with Crippen molar-refractivity contribution in [3.05, 3.63) is 23.8 Å². The average molecular weight is 217 g/mol. The molecule has 0 aliphatic heterocycles. The first-order chi connectivity index (χ1) is 7.00. The second-order valence-electron chi connectivity index (χ2n) is 2.80. The molecule has 1 aromatic rings. The van der Waals surface area contributed by atoms with Gasteiger partial charge in [-0.15, -0.1) is 0 Å². The van der Waals surface area contributed by atoms with Crippen molar-refractivity contribution < 1.29 is 23.4 Å². The van der Waals surface area contributed by atoms with Gasteiger partial charge in [0.1, 0.15) is 5.82 Å². The maximum Gasteiger partial charge on any atom is 0.306 e. The lowest BCUT2D eigenvalue weighted by Gasteiger charge is -2.06. The molecule has 82 valence electrons. The molecule has 3 N–H and O–H groups in total. The predicted molar refractivity (Wildman–Crippen MR) is 48.5 cm³/mol. The number of benzene rings is 1. The number of nitrogens with two attached hydrogens (primary N) is 1. The van der Waals surface area contributed by atoms with E-state index in [4.69, 9.17) is 15.6 Å². The van der Waals surface area contributed by atoms with Crippen LogP contribution in [-0.4, -0.2) is 17.7 Å². The average Bonchev–Trinajstić information content (AvgIpc) is 2.13. The molecule has 0 amide bonds. The number of carboxylic acid groups (broad SMARTS) is 1. The molecule has 0 spiro atoms. The van der Waals surface area contributed by atoms with Gasteiger partial charge < -0.3 is 15.6 Å². The van der Waals surface area contributed by atoms with E-state index in [9.17, 15) is 13.6 Å². The topological polar surface area (TPSA) is 72.5 Å². The molecule has 0 saturated carbocycles. The summed E-state index contributed by atoms with van der Waals surface area (Å²) >= 11 is 0. The van der Waals surface area contributed by atoms with Crippen LogP contribution < -0.4 is 10.5 Å². The lowest BCUT2D eigenvalue weighted by atomic mass is 10.3. The predicted octanol–water partition coefficient (Wildman–Crippen LogP) is 1.40. The van der Waals surface area contributed by atoms with E-state index in [1.54, 1.807) is 0 Å². The molecule has 0 unspecified atom stereocenters. The number of nitrogen functional groups attached to an aromatic ring is 1. The molecular formula is C9H9F2NO3. The molecule has 0 aliphatic carbocycles. The van der Waals surface area contributed by atoms with Crippen LogP contribution in [0.5, 0.6) is 5.75 Å². The van der Waals surface area contributed by atoms with Gasteiger partial charge in [-0.05, 0) is 0 Å². The molecule has 0 heterocycles. The summed E-state index contributed by atoms with van der Waals surface area (Å²) in [6, 6.07) is 1.57. The number of hydrogen-bond acceptors (Lipinski definition) is 3. The van der Waals surface area contributed by atoms with Gasteiger partial charge in [-0.1, -0.05) is 0 Å². The van der Waals surface area contributed by atoms with Gasteiger partial charge in [0.25, 0.3) is 0 Å². The number of carboxylic acids is 1. The molecule has 0 saturated heterocycles.